The van der Waals surface area contributed by atoms with E-state index in [0.29, 0.717) is 10.0 Å². The topological polar surface area (TPSA) is 24.5 Å². The minimum Gasteiger partial charge on any atom is -0.406 e. The number of hydrogen-bond donors (Lipinski definition) is 1. The maximum atomic E-state index is 12.4. The Balaban J connectivity index is 1.94. The maximum Gasteiger partial charge on any atom is 0.573 e. The number of nitrogens with zero attached hydrogens (tertiary/aromatic N) is 1. The van der Waals surface area contributed by atoms with Crippen molar-refractivity contribution in [3.8, 4) is 5.75 Å². The second kappa shape index (κ2) is 8.05. The van der Waals surface area contributed by atoms with Gasteiger partial charge < -0.3 is 10.1 Å². The van der Waals surface area contributed by atoms with Crippen LogP contribution < -0.4 is 10.1 Å². The average Bonchev–Trinajstić information content (AvgIpc) is 2.55. The zero-order valence-corrected chi connectivity index (χ0v) is 15.2. The van der Waals surface area contributed by atoms with Crippen molar-refractivity contribution < 1.29 is 17.9 Å². The summed E-state index contributed by atoms with van der Waals surface area (Å²) in [6.07, 6.45) is -4.71. The fourth-order valence-corrected chi connectivity index (χ4v) is 3.68. The van der Waals surface area contributed by atoms with Gasteiger partial charge in [0.05, 0.1) is 6.04 Å². The molecule has 1 saturated heterocycles. The molecule has 0 spiro atoms. The van der Waals surface area contributed by atoms with Crippen LogP contribution in [0.1, 0.15) is 17.2 Å². The standard InChI is InChI=1S/C18H17Cl2F3N2O/c19-14-9-13(10-15(20)11-14)17(25-7-5-24-6-8-25)12-1-3-16(4-2-12)26-18(21,22)23/h1-4,9-11,17,24H,5-8H2/t17-/m1/s1. The van der Waals surface area contributed by atoms with Gasteiger partial charge in [0, 0.05) is 36.2 Å². The van der Waals surface area contributed by atoms with Gasteiger partial charge in [-0.05, 0) is 41.5 Å². The number of nitrogens with one attached hydrogen (secondary N) is 1. The molecule has 0 saturated carbocycles. The Morgan fingerprint density at radius 2 is 1.50 bits per heavy atom. The molecule has 0 aromatic heterocycles. The third-order valence-corrected chi connectivity index (χ3v) is 4.58. The first-order valence-corrected chi connectivity index (χ1v) is 8.84. The highest BCUT2D eigenvalue weighted by Crippen LogP contribution is 2.34. The second-order valence-electron chi connectivity index (χ2n) is 6.01. The van der Waals surface area contributed by atoms with Gasteiger partial charge in [0.25, 0.3) is 0 Å². The number of ether oxygens (including phenoxy) is 1. The van der Waals surface area contributed by atoms with Crippen molar-refractivity contribution in [2.75, 3.05) is 26.2 Å². The molecule has 2 aromatic rings. The van der Waals surface area contributed by atoms with E-state index in [1.54, 1.807) is 18.2 Å². The Kier molecular flexibility index (Phi) is 5.97. The van der Waals surface area contributed by atoms with Crippen molar-refractivity contribution in [1.29, 1.82) is 0 Å². The lowest BCUT2D eigenvalue weighted by Crippen LogP contribution is -2.45. The van der Waals surface area contributed by atoms with Gasteiger partial charge in [-0.25, -0.2) is 0 Å². The Morgan fingerprint density at radius 1 is 0.923 bits per heavy atom. The summed E-state index contributed by atoms with van der Waals surface area (Å²) in [4.78, 5) is 2.25. The molecule has 2 aromatic carbocycles. The van der Waals surface area contributed by atoms with Gasteiger partial charge in [0.2, 0.25) is 0 Å². The van der Waals surface area contributed by atoms with Crippen molar-refractivity contribution in [1.82, 2.24) is 10.2 Å². The number of piperazine rings is 1. The Labute approximate surface area is 159 Å². The van der Waals surface area contributed by atoms with Gasteiger partial charge in [0.1, 0.15) is 5.75 Å². The third-order valence-electron chi connectivity index (χ3n) is 4.15. The van der Waals surface area contributed by atoms with Crippen LogP contribution >= 0.6 is 23.2 Å². The van der Waals surface area contributed by atoms with E-state index in [0.717, 1.165) is 37.3 Å². The first-order chi connectivity index (χ1) is 12.3. The molecule has 26 heavy (non-hydrogen) atoms. The summed E-state index contributed by atoms with van der Waals surface area (Å²) in [5, 5.41) is 4.33. The Hall–Kier alpha value is -1.47. The number of alkyl halides is 3. The minimum atomic E-state index is -4.71. The van der Waals surface area contributed by atoms with Crippen LogP contribution in [0.5, 0.6) is 5.75 Å². The highest BCUT2D eigenvalue weighted by atomic mass is 35.5. The Morgan fingerprint density at radius 3 is 2.04 bits per heavy atom. The third kappa shape index (κ3) is 5.04. The molecular weight excluding hydrogens is 388 g/mol. The summed E-state index contributed by atoms with van der Waals surface area (Å²) in [5.41, 5.74) is 1.74. The molecule has 1 aliphatic rings. The average molecular weight is 405 g/mol. The van der Waals surface area contributed by atoms with E-state index in [1.165, 1.54) is 12.1 Å². The van der Waals surface area contributed by atoms with Crippen molar-refractivity contribution in [2.45, 2.75) is 12.4 Å². The molecule has 1 heterocycles. The first kappa shape index (κ1) is 19.3. The molecule has 0 unspecified atom stereocenters. The lowest BCUT2D eigenvalue weighted by Gasteiger charge is -2.35. The summed E-state index contributed by atoms with van der Waals surface area (Å²) in [6.45, 7) is 3.27. The van der Waals surface area contributed by atoms with Gasteiger partial charge in [-0.3, -0.25) is 4.90 Å². The first-order valence-electron chi connectivity index (χ1n) is 8.08. The fraction of sp³-hybridized carbons (Fsp3) is 0.333. The van der Waals surface area contributed by atoms with Gasteiger partial charge in [-0.2, -0.15) is 0 Å². The molecule has 1 fully saturated rings. The van der Waals surface area contributed by atoms with Gasteiger partial charge >= 0.3 is 6.36 Å². The van der Waals surface area contributed by atoms with E-state index in [1.807, 2.05) is 12.1 Å². The summed E-state index contributed by atoms with van der Waals surface area (Å²) in [7, 11) is 0. The van der Waals surface area contributed by atoms with E-state index >= 15 is 0 Å². The SMILES string of the molecule is FC(F)(F)Oc1ccc([C@H](c2cc(Cl)cc(Cl)c2)N2CCNCC2)cc1. The monoisotopic (exact) mass is 404 g/mol. The number of hydrogen-bond acceptors (Lipinski definition) is 3. The molecule has 0 radical (unpaired) electrons. The predicted molar refractivity (Wildman–Crippen MR) is 95.9 cm³/mol. The van der Waals surface area contributed by atoms with Crippen LogP contribution in [-0.4, -0.2) is 37.4 Å². The summed E-state index contributed by atoms with van der Waals surface area (Å²) in [5.74, 6) is -0.246. The largest absolute Gasteiger partial charge is 0.573 e. The minimum absolute atomic E-state index is 0.159. The van der Waals surface area contributed by atoms with Crippen molar-refractivity contribution >= 4 is 23.2 Å². The van der Waals surface area contributed by atoms with E-state index in [9.17, 15) is 13.2 Å². The zero-order chi connectivity index (χ0) is 18.7. The molecule has 0 bridgehead atoms. The lowest BCUT2D eigenvalue weighted by atomic mass is 9.96. The molecule has 1 atom stereocenters. The molecule has 8 heteroatoms. The van der Waals surface area contributed by atoms with Gasteiger partial charge in [0.15, 0.2) is 0 Å². The Bertz CT molecular complexity index is 727. The van der Waals surface area contributed by atoms with E-state index in [4.69, 9.17) is 23.2 Å². The van der Waals surface area contributed by atoms with Crippen LogP contribution in [0.4, 0.5) is 13.2 Å². The maximum absolute atomic E-state index is 12.4. The molecular formula is C18H17Cl2F3N2O. The van der Waals surface area contributed by atoms with E-state index in [-0.39, 0.29) is 11.8 Å². The molecule has 1 N–H and O–H groups in total. The van der Waals surface area contributed by atoms with Crippen molar-refractivity contribution in [3.05, 3.63) is 63.6 Å². The molecule has 1 aliphatic heterocycles. The van der Waals surface area contributed by atoms with Crippen molar-refractivity contribution in [3.63, 3.8) is 0 Å². The van der Waals surface area contributed by atoms with Crippen LogP contribution in [0.2, 0.25) is 10.0 Å². The summed E-state index contributed by atoms with van der Waals surface area (Å²) >= 11 is 12.3. The van der Waals surface area contributed by atoms with E-state index < -0.39 is 6.36 Å². The molecule has 0 aliphatic carbocycles. The smallest absolute Gasteiger partial charge is 0.406 e. The summed E-state index contributed by atoms with van der Waals surface area (Å²) < 4.78 is 41.1. The molecule has 3 rings (SSSR count). The van der Waals surface area contributed by atoms with Crippen LogP contribution in [0.25, 0.3) is 0 Å². The van der Waals surface area contributed by atoms with Gasteiger partial charge in [-0.15, -0.1) is 13.2 Å². The molecule has 0 amide bonds. The van der Waals surface area contributed by atoms with Crippen molar-refractivity contribution in [2.24, 2.45) is 0 Å². The van der Waals surface area contributed by atoms with Crippen LogP contribution in [0, 0.1) is 0 Å². The number of halogens is 5. The highest BCUT2D eigenvalue weighted by Gasteiger charge is 2.31. The highest BCUT2D eigenvalue weighted by molar-refractivity contribution is 6.34. The molecule has 140 valence electrons. The van der Waals surface area contributed by atoms with Gasteiger partial charge in [-0.1, -0.05) is 35.3 Å². The number of benzene rings is 2. The predicted octanol–water partition coefficient (Wildman–Crippen LogP) is 4.89. The quantitative estimate of drug-likeness (QED) is 0.785. The van der Waals surface area contributed by atoms with Crippen LogP contribution in [0.3, 0.4) is 0 Å². The zero-order valence-electron chi connectivity index (χ0n) is 13.7. The fourth-order valence-electron chi connectivity index (χ4n) is 3.14. The normalized spacial score (nSPS) is 17.1. The van der Waals surface area contributed by atoms with Crippen LogP contribution in [-0.2, 0) is 0 Å². The van der Waals surface area contributed by atoms with E-state index in [2.05, 4.69) is 15.0 Å². The molecule has 3 nitrogen and oxygen atoms in total. The lowest BCUT2D eigenvalue weighted by molar-refractivity contribution is -0.274. The van der Waals surface area contributed by atoms with Crippen LogP contribution in [0.15, 0.2) is 42.5 Å². The summed E-state index contributed by atoms with van der Waals surface area (Å²) in [6, 6.07) is 11.1. The number of rotatable bonds is 4. The second-order valence-corrected chi connectivity index (χ2v) is 6.88.